The van der Waals surface area contributed by atoms with E-state index < -0.39 is 5.92 Å². The number of ketones is 1. The summed E-state index contributed by atoms with van der Waals surface area (Å²) in [6.07, 6.45) is 0. The first kappa shape index (κ1) is 13.0. The maximum absolute atomic E-state index is 11.8. The standard InChI is InChI=1S/C15H14O4/c1-9(16)15(10-2-4-11(17)5-3-10)13-7-6-12(18)8-14(13)19/h2-8,15,17-19H,1H3. The van der Waals surface area contributed by atoms with Crippen LogP contribution < -0.4 is 0 Å². The molecule has 0 aliphatic rings. The molecule has 0 radical (unpaired) electrons. The predicted molar refractivity (Wildman–Crippen MR) is 70.4 cm³/mol. The van der Waals surface area contributed by atoms with Gasteiger partial charge in [-0.25, -0.2) is 0 Å². The van der Waals surface area contributed by atoms with E-state index in [1.165, 1.54) is 37.3 Å². The molecular formula is C15H14O4. The summed E-state index contributed by atoms with van der Waals surface area (Å²) < 4.78 is 0. The third-order valence-electron chi connectivity index (χ3n) is 2.96. The first-order valence-corrected chi connectivity index (χ1v) is 5.80. The van der Waals surface area contributed by atoms with Crippen LogP contribution in [-0.2, 0) is 4.79 Å². The molecule has 0 aromatic heterocycles. The predicted octanol–water partition coefficient (Wildman–Crippen LogP) is 2.52. The molecule has 0 heterocycles. The van der Waals surface area contributed by atoms with Crippen LogP contribution in [0.3, 0.4) is 0 Å². The smallest absolute Gasteiger partial charge is 0.141 e. The summed E-state index contributed by atoms with van der Waals surface area (Å²) in [5, 5.41) is 28.4. The Morgan fingerprint density at radius 2 is 1.53 bits per heavy atom. The van der Waals surface area contributed by atoms with Crippen molar-refractivity contribution in [2.75, 3.05) is 0 Å². The lowest BCUT2D eigenvalue weighted by Crippen LogP contribution is -2.10. The van der Waals surface area contributed by atoms with E-state index in [0.29, 0.717) is 11.1 Å². The third-order valence-corrected chi connectivity index (χ3v) is 2.96. The monoisotopic (exact) mass is 258 g/mol. The molecule has 2 aromatic carbocycles. The highest BCUT2D eigenvalue weighted by molar-refractivity contribution is 5.87. The minimum atomic E-state index is -0.624. The van der Waals surface area contributed by atoms with Gasteiger partial charge in [0.25, 0.3) is 0 Å². The number of hydrogen-bond acceptors (Lipinski definition) is 4. The second-order valence-corrected chi connectivity index (χ2v) is 4.38. The molecule has 4 heteroatoms. The number of phenols is 3. The molecule has 2 aromatic rings. The van der Waals surface area contributed by atoms with Gasteiger partial charge in [-0.05, 0) is 30.7 Å². The number of Topliss-reactive ketones (excluding diaryl/α,β-unsaturated/α-hetero) is 1. The number of aromatic hydroxyl groups is 3. The van der Waals surface area contributed by atoms with Crippen molar-refractivity contribution in [3.63, 3.8) is 0 Å². The molecule has 4 nitrogen and oxygen atoms in total. The fourth-order valence-electron chi connectivity index (χ4n) is 2.08. The van der Waals surface area contributed by atoms with E-state index in [1.807, 2.05) is 0 Å². The quantitative estimate of drug-likeness (QED) is 0.790. The number of phenolic OH excluding ortho intramolecular Hbond substituents is 3. The molecule has 0 aliphatic carbocycles. The number of hydrogen-bond donors (Lipinski definition) is 3. The zero-order valence-electron chi connectivity index (χ0n) is 10.4. The van der Waals surface area contributed by atoms with Crippen molar-refractivity contribution in [1.29, 1.82) is 0 Å². The van der Waals surface area contributed by atoms with Gasteiger partial charge in [-0.2, -0.15) is 0 Å². The van der Waals surface area contributed by atoms with Gasteiger partial charge in [0.05, 0.1) is 5.92 Å². The minimum absolute atomic E-state index is 0.0609. The summed E-state index contributed by atoms with van der Waals surface area (Å²) in [6, 6.07) is 10.4. The molecule has 0 saturated carbocycles. The van der Waals surface area contributed by atoms with Crippen LogP contribution in [0.1, 0.15) is 24.0 Å². The number of carbonyl (C=O) groups is 1. The lowest BCUT2D eigenvalue weighted by Gasteiger charge is -2.16. The molecule has 1 atom stereocenters. The van der Waals surface area contributed by atoms with E-state index in [4.69, 9.17) is 0 Å². The molecular weight excluding hydrogens is 244 g/mol. The van der Waals surface area contributed by atoms with Crippen LogP contribution in [-0.4, -0.2) is 21.1 Å². The molecule has 0 spiro atoms. The van der Waals surface area contributed by atoms with E-state index in [-0.39, 0.29) is 23.0 Å². The molecule has 0 aliphatic heterocycles. The fraction of sp³-hybridized carbons (Fsp3) is 0.133. The van der Waals surface area contributed by atoms with Gasteiger partial charge in [0.1, 0.15) is 23.0 Å². The highest BCUT2D eigenvalue weighted by Gasteiger charge is 2.22. The zero-order valence-corrected chi connectivity index (χ0v) is 10.4. The van der Waals surface area contributed by atoms with E-state index >= 15 is 0 Å². The van der Waals surface area contributed by atoms with Gasteiger partial charge in [0.15, 0.2) is 0 Å². The maximum Gasteiger partial charge on any atom is 0.141 e. The normalized spacial score (nSPS) is 12.1. The summed E-state index contributed by atoms with van der Waals surface area (Å²) in [6.45, 7) is 1.43. The van der Waals surface area contributed by atoms with Crippen molar-refractivity contribution in [2.24, 2.45) is 0 Å². The average molecular weight is 258 g/mol. The van der Waals surface area contributed by atoms with Crippen molar-refractivity contribution >= 4 is 5.78 Å². The summed E-state index contributed by atoms with van der Waals surface area (Å²) >= 11 is 0. The zero-order chi connectivity index (χ0) is 14.0. The fourth-order valence-corrected chi connectivity index (χ4v) is 2.08. The molecule has 98 valence electrons. The van der Waals surface area contributed by atoms with Crippen molar-refractivity contribution in [3.05, 3.63) is 53.6 Å². The third kappa shape index (κ3) is 2.68. The highest BCUT2D eigenvalue weighted by Crippen LogP contribution is 2.34. The van der Waals surface area contributed by atoms with Crippen molar-refractivity contribution in [2.45, 2.75) is 12.8 Å². The first-order valence-electron chi connectivity index (χ1n) is 5.80. The van der Waals surface area contributed by atoms with Gasteiger partial charge in [-0.15, -0.1) is 0 Å². The van der Waals surface area contributed by atoms with Gasteiger partial charge in [-0.1, -0.05) is 18.2 Å². The molecule has 0 bridgehead atoms. The molecule has 0 saturated heterocycles. The molecule has 2 rings (SSSR count). The molecule has 0 amide bonds. The number of carbonyl (C=O) groups excluding carboxylic acids is 1. The Morgan fingerprint density at radius 1 is 0.947 bits per heavy atom. The Hall–Kier alpha value is -2.49. The van der Waals surface area contributed by atoms with Crippen LogP contribution in [0.25, 0.3) is 0 Å². The van der Waals surface area contributed by atoms with Crippen molar-refractivity contribution in [3.8, 4) is 17.2 Å². The lowest BCUT2D eigenvalue weighted by molar-refractivity contribution is -0.117. The Balaban J connectivity index is 2.51. The van der Waals surface area contributed by atoms with E-state index in [1.54, 1.807) is 12.1 Å². The van der Waals surface area contributed by atoms with Crippen LogP contribution in [0.4, 0.5) is 0 Å². The van der Waals surface area contributed by atoms with Gasteiger partial charge in [0, 0.05) is 11.6 Å². The molecule has 0 fully saturated rings. The van der Waals surface area contributed by atoms with Crippen LogP contribution in [0.15, 0.2) is 42.5 Å². The van der Waals surface area contributed by atoms with Crippen LogP contribution in [0.2, 0.25) is 0 Å². The van der Waals surface area contributed by atoms with Crippen LogP contribution in [0.5, 0.6) is 17.2 Å². The van der Waals surface area contributed by atoms with Gasteiger partial charge in [0.2, 0.25) is 0 Å². The Bertz CT molecular complexity index is 602. The maximum atomic E-state index is 11.8. The Kier molecular flexibility index (Phi) is 3.42. The highest BCUT2D eigenvalue weighted by atomic mass is 16.3. The first-order chi connectivity index (χ1) is 8.99. The van der Waals surface area contributed by atoms with Crippen molar-refractivity contribution in [1.82, 2.24) is 0 Å². The molecule has 1 unspecified atom stereocenters. The van der Waals surface area contributed by atoms with Gasteiger partial charge in [-0.3, -0.25) is 4.79 Å². The van der Waals surface area contributed by atoms with Crippen LogP contribution >= 0.6 is 0 Å². The molecule has 19 heavy (non-hydrogen) atoms. The van der Waals surface area contributed by atoms with Gasteiger partial charge < -0.3 is 15.3 Å². The largest absolute Gasteiger partial charge is 0.508 e. The van der Waals surface area contributed by atoms with E-state index in [9.17, 15) is 20.1 Å². The Morgan fingerprint density at radius 3 is 2.05 bits per heavy atom. The summed E-state index contributed by atoms with van der Waals surface area (Å²) in [4.78, 5) is 11.8. The molecule has 3 N–H and O–H groups in total. The minimum Gasteiger partial charge on any atom is -0.508 e. The van der Waals surface area contributed by atoms with E-state index in [2.05, 4.69) is 0 Å². The second-order valence-electron chi connectivity index (χ2n) is 4.38. The van der Waals surface area contributed by atoms with Crippen LogP contribution in [0, 0.1) is 0 Å². The second kappa shape index (κ2) is 5.02. The van der Waals surface area contributed by atoms with Gasteiger partial charge >= 0.3 is 0 Å². The topological polar surface area (TPSA) is 77.8 Å². The summed E-state index contributed by atoms with van der Waals surface area (Å²) in [7, 11) is 0. The van der Waals surface area contributed by atoms with E-state index in [0.717, 1.165) is 0 Å². The SMILES string of the molecule is CC(=O)C(c1ccc(O)cc1)c1ccc(O)cc1O. The summed E-state index contributed by atoms with van der Waals surface area (Å²) in [5.41, 5.74) is 1.10. The lowest BCUT2D eigenvalue weighted by atomic mass is 9.87. The summed E-state index contributed by atoms with van der Waals surface area (Å²) in [5.74, 6) is -0.837. The number of benzene rings is 2. The Labute approximate surface area is 110 Å². The number of rotatable bonds is 3. The average Bonchev–Trinajstić information content (AvgIpc) is 2.34. The van der Waals surface area contributed by atoms with Crippen molar-refractivity contribution < 1.29 is 20.1 Å².